The summed E-state index contributed by atoms with van der Waals surface area (Å²) in [5.41, 5.74) is 9.66. The van der Waals surface area contributed by atoms with Crippen LogP contribution in [0.4, 0.5) is 14.6 Å². The number of pyridine rings is 1. The van der Waals surface area contributed by atoms with Crippen LogP contribution in [0.25, 0.3) is 16.8 Å². The molecule has 0 bridgehead atoms. The summed E-state index contributed by atoms with van der Waals surface area (Å²) in [5, 5.41) is 9.05. The minimum absolute atomic E-state index is 0.120. The molecule has 4 aromatic rings. The number of benzene rings is 1. The Bertz CT molecular complexity index is 1430. The quantitative estimate of drug-likeness (QED) is 0.261. The van der Waals surface area contributed by atoms with Gasteiger partial charge in [0.15, 0.2) is 11.6 Å². The number of anilines is 1. The molecule has 1 aromatic carbocycles. The first kappa shape index (κ1) is 26.3. The molecule has 0 saturated carbocycles. The zero-order valence-corrected chi connectivity index (χ0v) is 22.3. The molecule has 194 valence electrons. The van der Waals surface area contributed by atoms with Gasteiger partial charge in [0, 0.05) is 53.3 Å². The van der Waals surface area contributed by atoms with Crippen molar-refractivity contribution < 1.29 is 18.3 Å². The highest BCUT2D eigenvalue weighted by Crippen LogP contribution is 2.39. The van der Waals surface area contributed by atoms with E-state index in [9.17, 15) is 8.78 Å². The van der Waals surface area contributed by atoms with Crippen LogP contribution in [0.5, 0.6) is 11.6 Å². The Morgan fingerprint density at radius 3 is 2.73 bits per heavy atom. The summed E-state index contributed by atoms with van der Waals surface area (Å²) in [6, 6.07) is 6.14. The van der Waals surface area contributed by atoms with Gasteiger partial charge in [0.25, 0.3) is 0 Å². The van der Waals surface area contributed by atoms with E-state index in [0.29, 0.717) is 50.3 Å². The number of ether oxygens (including phenoxy) is 2. The third kappa shape index (κ3) is 5.66. The SMILES string of the molecule is C=C(c1cn(CC)nc1OCCF)c1cn(C)nc1-c1ccc(F)cc1[C@@H](C)Oc1cc(Br)cnc1N. The van der Waals surface area contributed by atoms with E-state index in [1.165, 1.54) is 12.1 Å². The highest BCUT2D eigenvalue weighted by molar-refractivity contribution is 9.10. The minimum atomic E-state index is -0.641. The summed E-state index contributed by atoms with van der Waals surface area (Å²) in [4.78, 5) is 4.10. The van der Waals surface area contributed by atoms with Crippen LogP contribution < -0.4 is 15.2 Å². The van der Waals surface area contributed by atoms with Gasteiger partial charge in [0.2, 0.25) is 5.88 Å². The van der Waals surface area contributed by atoms with Gasteiger partial charge in [-0.2, -0.15) is 5.10 Å². The van der Waals surface area contributed by atoms with Crippen LogP contribution >= 0.6 is 15.9 Å². The molecule has 0 aliphatic carbocycles. The van der Waals surface area contributed by atoms with E-state index in [4.69, 9.17) is 15.2 Å². The van der Waals surface area contributed by atoms with E-state index in [2.05, 4.69) is 37.7 Å². The van der Waals surface area contributed by atoms with Crippen molar-refractivity contribution in [3.05, 3.63) is 76.4 Å². The summed E-state index contributed by atoms with van der Waals surface area (Å²) in [6.07, 6.45) is 4.58. The second-order valence-electron chi connectivity index (χ2n) is 8.31. The first-order valence-corrected chi connectivity index (χ1v) is 12.4. The fourth-order valence-corrected chi connectivity index (χ4v) is 4.24. The van der Waals surface area contributed by atoms with Crippen molar-refractivity contribution >= 4 is 27.3 Å². The number of hydrogen-bond acceptors (Lipinski definition) is 6. The number of aryl methyl sites for hydroxylation is 2. The largest absolute Gasteiger partial charge is 0.482 e. The smallest absolute Gasteiger partial charge is 0.240 e. The van der Waals surface area contributed by atoms with Crippen molar-refractivity contribution in [1.82, 2.24) is 24.5 Å². The third-order valence-corrected chi connectivity index (χ3v) is 6.14. The molecular formula is C26H27BrF2N6O2. The molecule has 0 amide bonds. The Balaban J connectivity index is 1.77. The molecular weight excluding hydrogens is 546 g/mol. The lowest BCUT2D eigenvalue weighted by molar-refractivity contribution is 0.227. The van der Waals surface area contributed by atoms with Crippen LogP contribution in [0.3, 0.4) is 0 Å². The number of halogens is 3. The van der Waals surface area contributed by atoms with Gasteiger partial charge in [0.1, 0.15) is 30.9 Å². The number of rotatable bonds is 10. The van der Waals surface area contributed by atoms with Crippen molar-refractivity contribution in [2.75, 3.05) is 19.0 Å². The number of nitrogens with two attached hydrogens (primary N) is 1. The molecule has 11 heteroatoms. The maximum absolute atomic E-state index is 14.4. The van der Waals surface area contributed by atoms with Crippen LogP contribution in [0.15, 0.2) is 53.9 Å². The Morgan fingerprint density at radius 2 is 2.00 bits per heavy atom. The zero-order chi connectivity index (χ0) is 26.7. The molecule has 3 aromatic heterocycles. The number of nitrogen functional groups attached to an aromatic ring is 1. The summed E-state index contributed by atoms with van der Waals surface area (Å²) < 4.78 is 42.9. The lowest BCUT2D eigenvalue weighted by Crippen LogP contribution is -2.08. The topological polar surface area (TPSA) is 93.0 Å². The van der Waals surface area contributed by atoms with Gasteiger partial charge in [-0.1, -0.05) is 6.58 Å². The second kappa shape index (κ2) is 11.1. The Kier molecular flexibility index (Phi) is 7.91. The molecule has 3 heterocycles. The van der Waals surface area contributed by atoms with Gasteiger partial charge in [-0.15, -0.1) is 5.10 Å². The van der Waals surface area contributed by atoms with Crippen LogP contribution in [-0.4, -0.2) is 37.8 Å². The molecule has 37 heavy (non-hydrogen) atoms. The van der Waals surface area contributed by atoms with Gasteiger partial charge < -0.3 is 15.2 Å². The van der Waals surface area contributed by atoms with Crippen LogP contribution in [-0.2, 0) is 13.6 Å². The number of alkyl halides is 1. The highest BCUT2D eigenvalue weighted by Gasteiger charge is 2.24. The molecule has 0 fully saturated rings. The fraction of sp³-hybridized carbons (Fsp3) is 0.269. The second-order valence-corrected chi connectivity index (χ2v) is 9.23. The Hall–Kier alpha value is -3.73. The van der Waals surface area contributed by atoms with E-state index in [0.717, 1.165) is 0 Å². The molecule has 2 N–H and O–H groups in total. The standard InChI is InChI=1S/C26H27BrF2N6O2/c1-5-35-14-22(26(33-35)36-9-8-28)15(2)21-13-34(4)32-24(21)19-7-6-18(29)11-20(19)16(3)37-23-10-17(27)12-31-25(23)30/h6-7,10-14,16H,2,5,8-9H2,1,3-4H3,(H2,30,31)/t16-/m1/s1. The summed E-state index contributed by atoms with van der Waals surface area (Å²) in [7, 11) is 1.78. The van der Waals surface area contributed by atoms with Gasteiger partial charge in [-0.05, 0) is 59.6 Å². The zero-order valence-electron chi connectivity index (χ0n) is 20.7. The number of hydrogen-bond donors (Lipinski definition) is 1. The maximum Gasteiger partial charge on any atom is 0.240 e. The normalized spacial score (nSPS) is 11.9. The van der Waals surface area contributed by atoms with Gasteiger partial charge in [0.05, 0.1) is 5.56 Å². The van der Waals surface area contributed by atoms with Crippen molar-refractivity contribution in [2.45, 2.75) is 26.5 Å². The minimum Gasteiger partial charge on any atom is -0.482 e. The molecule has 1 atom stereocenters. The summed E-state index contributed by atoms with van der Waals surface area (Å²) in [6.45, 7) is 7.85. The van der Waals surface area contributed by atoms with E-state index in [1.807, 2.05) is 13.1 Å². The first-order chi connectivity index (χ1) is 17.7. The van der Waals surface area contributed by atoms with Crippen molar-refractivity contribution in [1.29, 1.82) is 0 Å². The summed E-state index contributed by atoms with van der Waals surface area (Å²) >= 11 is 3.37. The molecule has 8 nitrogen and oxygen atoms in total. The van der Waals surface area contributed by atoms with Crippen molar-refractivity contribution in [3.8, 4) is 22.9 Å². The lowest BCUT2D eigenvalue weighted by Gasteiger charge is -2.19. The lowest BCUT2D eigenvalue weighted by atomic mass is 9.94. The molecule has 0 aliphatic rings. The third-order valence-electron chi connectivity index (χ3n) is 5.71. The molecule has 4 rings (SSSR count). The van der Waals surface area contributed by atoms with Crippen LogP contribution in [0.2, 0.25) is 0 Å². The van der Waals surface area contributed by atoms with E-state index in [-0.39, 0.29) is 18.3 Å². The molecule has 0 aliphatic heterocycles. The van der Waals surface area contributed by atoms with Crippen molar-refractivity contribution in [2.24, 2.45) is 7.05 Å². The molecule has 0 saturated heterocycles. The first-order valence-electron chi connectivity index (χ1n) is 11.6. The average Bonchev–Trinajstić information content (AvgIpc) is 3.47. The van der Waals surface area contributed by atoms with Gasteiger partial charge >= 0.3 is 0 Å². The predicted octanol–water partition coefficient (Wildman–Crippen LogP) is 5.73. The molecule has 0 spiro atoms. The molecule has 0 unspecified atom stereocenters. The van der Waals surface area contributed by atoms with Crippen LogP contribution in [0, 0.1) is 5.82 Å². The average molecular weight is 573 g/mol. The molecule has 0 radical (unpaired) electrons. The monoisotopic (exact) mass is 572 g/mol. The maximum atomic E-state index is 14.4. The van der Waals surface area contributed by atoms with E-state index >= 15 is 0 Å². The van der Waals surface area contributed by atoms with E-state index < -0.39 is 18.6 Å². The Morgan fingerprint density at radius 1 is 1.22 bits per heavy atom. The number of aromatic nitrogens is 5. The fourth-order valence-electron chi connectivity index (χ4n) is 3.93. The van der Waals surface area contributed by atoms with Gasteiger partial charge in [-0.25, -0.2) is 13.8 Å². The highest BCUT2D eigenvalue weighted by atomic mass is 79.9. The number of nitrogens with zero attached hydrogens (tertiary/aromatic N) is 5. The van der Waals surface area contributed by atoms with Gasteiger partial charge in [-0.3, -0.25) is 9.36 Å². The predicted molar refractivity (Wildman–Crippen MR) is 142 cm³/mol. The van der Waals surface area contributed by atoms with Crippen LogP contribution in [0.1, 0.15) is 36.6 Å². The summed E-state index contributed by atoms with van der Waals surface area (Å²) in [5.74, 6) is 0.447. The van der Waals surface area contributed by atoms with E-state index in [1.54, 1.807) is 47.9 Å². The Labute approximate surface area is 221 Å². The van der Waals surface area contributed by atoms with Crippen molar-refractivity contribution in [3.63, 3.8) is 0 Å².